The number of ether oxygens (including phenoxy) is 2. The molecule has 0 aliphatic heterocycles. The molecule has 3 aromatic rings. The van der Waals surface area contributed by atoms with E-state index in [1.165, 1.54) is 7.11 Å². The van der Waals surface area contributed by atoms with Crippen molar-refractivity contribution in [3.05, 3.63) is 60.9 Å². The smallest absolute Gasteiger partial charge is 0.157 e. The fourth-order valence-electron chi connectivity index (χ4n) is 2.28. The highest BCUT2D eigenvalue weighted by Gasteiger charge is 2.10. The van der Waals surface area contributed by atoms with Crippen molar-refractivity contribution >= 4 is 0 Å². The van der Waals surface area contributed by atoms with Gasteiger partial charge in [0, 0.05) is 38.1 Å². The molecular weight excluding hydrogens is 318 g/mol. The lowest BCUT2D eigenvalue weighted by molar-refractivity contribution is -0.0834. The molecule has 0 aromatic carbocycles. The fourth-order valence-corrected chi connectivity index (χ4v) is 2.28. The second-order valence-corrected chi connectivity index (χ2v) is 5.33. The molecule has 25 heavy (non-hydrogen) atoms. The molecule has 3 aromatic heterocycles. The van der Waals surface area contributed by atoms with E-state index in [4.69, 9.17) is 9.47 Å². The van der Waals surface area contributed by atoms with Crippen molar-refractivity contribution in [2.75, 3.05) is 13.7 Å². The lowest BCUT2D eigenvalue weighted by Gasteiger charge is -2.12. The predicted molar refractivity (Wildman–Crippen MR) is 93.8 cm³/mol. The number of nitrogens with zero attached hydrogens (tertiary/aromatic N) is 3. The number of aliphatic hydroxyl groups excluding tert-OH is 1. The summed E-state index contributed by atoms with van der Waals surface area (Å²) in [6.45, 7) is 0.322. The summed E-state index contributed by atoms with van der Waals surface area (Å²) in [5.74, 6) is 0.639. The molecule has 0 amide bonds. The van der Waals surface area contributed by atoms with Crippen LogP contribution in [0.3, 0.4) is 0 Å². The van der Waals surface area contributed by atoms with E-state index in [0.29, 0.717) is 30.2 Å². The zero-order valence-corrected chi connectivity index (χ0v) is 13.9. The highest BCUT2D eigenvalue weighted by atomic mass is 16.6. The summed E-state index contributed by atoms with van der Waals surface area (Å²) in [5.41, 5.74) is 2.90. The second kappa shape index (κ2) is 8.32. The Morgan fingerprint density at radius 1 is 0.920 bits per heavy atom. The lowest BCUT2D eigenvalue weighted by atomic mass is 10.2. The van der Waals surface area contributed by atoms with Gasteiger partial charge in [-0.1, -0.05) is 12.1 Å². The van der Waals surface area contributed by atoms with Crippen LogP contribution in [0.1, 0.15) is 6.42 Å². The van der Waals surface area contributed by atoms with E-state index >= 15 is 0 Å². The molecule has 1 N–H and O–H groups in total. The number of rotatable bonds is 7. The maximum Gasteiger partial charge on any atom is 0.157 e. The Balaban J connectivity index is 1.91. The molecular formula is C19H19N3O3. The van der Waals surface area contributed by atoms with Crippen molar-refractivity contribution in [3.8, 4) is 28.5 Å². The number of methoxy groups -OCH3 is 1. The van der Waals surface area contributed by atoms with Crippen molar-refractivity contribution < 1.29 is 14.6 Å². The predicted octanol–water partition coefficient (Wildman–Crippen LogP) is 2.94. The van der Waals surface area contributed by atoms with Gasteiger partial charge in [0.25, 0.3) is 0 Å². The molecule has 0 saturated carbocycles. The molecule has 0 spiro atoms. The molecule has 128 valence electrons. The Morgan fingerprint density at radius 3 is 2.00 bits per heavy atom. The average Bonchev–Trinajstić information content (AvgIpc) is 2.69. The molecule has 1 atom stereocenters. The summed E-state index contributed by atoms with van der Waals surface area (Å²) in [4.78, 5) is 13.4. The van der Waals surface area contributed by atoms with Gasteiger partial charge in [0.2, 0.25) is 0 Å². The third-order valence-corrected chi connectivity index (χ3v) is 3.56. The average molecular weight is 337 g/mol. The normalized spacial score (nSPS) is 11.9. The monoisotopic (exact) mass is 337 g/mol. The van der Waals surface area contributed by atoms with Crippen molar-refractivity contribution in [1.29, 1.82) is 0 Å². The number of aliphatic hydroxyl groups is 1. The fraction of sp³-hybridized carbons (Fsp3) is 0.211. The van der Waals surface area contributed by atoms with Gasteiger partial charge in [0.15, 0.2) is 6.29 Å². The van der Waals surface area contributed by atoms with Crippen molar-refractivity contribution in [1.82, 2.24) is 15.0 Å². The quantitative estimate of drug-likeness (QED) is 0.668. The molecule has 0 radical (unpaired) electrons. The van der Waals surface area contributed by atoms with Crippen LogP contribution < -0.4 is 4.74 Å². The molecule has 0 aliphatic rings. The van der Waals surface area contributed by atoms with E-state index in [1.54, 1.807) is 12.4 Å². The first kappa shape index (κ1) is 17.0. The standard InChI is InChI=1S/C19H19N3O3/c1-24-19(23)8-11-25-14-12-17(15-6-2-4-9-20-15)22-18(13-14)16-7-3-5-10-21-16/h2-7,9-10,12-13,19,23H,8,11H2,1H3. The molecule has 0 aliphatic carbocycles. The summed E-state index contributed by atoms with van der Waals surface area (Å²) in [6, 6.07) is 15.0. The van der Waals surface area contributed by atoms with E-state index in [2.05, 4.69) is 15.0 Å². The van der Waals surface area contributed by atoms with E-state index in [1.807, 2.05) is 48.5 Å². The molecule has 6 nitrogen and oxygen atoms in total. The van der Waals surface area contributed by atoms with Gasteiger partial charge in [0.1, 0.15) is 5.75 Å². The van der Waals surface area contributed by atoms with Crippen molar-refractivity contribution in [2.45, 2.75) is 12.7 Å². The number of pyridine rings is 3. The summed E-state index contributed by atoms with van der Waals surface area (Å²) in [6.07, 6.45) is 2.98. The molecule has 0 bridgehead atoms. The highest BCUT2D eigenvalue weighted by molar-refractivity contribution is 5.64. The van der Waals surface area contributed by atoms with Crippen molar-refractivity contribution in [2.24, 2.45) is 0 Å². The number of hydrogen-bond acceptors (Lipinski definition) is 6. The van der Waals surface area contributed by atoms with Crippen LogP contribution in [0.5, 0.6) is 5.75 Å². The minimum absolute atomic E-state index is 0.322. The van der Waals surface area contributed by atoms with Gasteiger partial charge in [-0.25, -0.2) is 4.98 Å². The first-order valence-electron chi connectivity index (χ1n) is 7.95. The van der Waals surface area contributed by atoms with Gasteiger partial charge < -0.3 is 14.6 Å². The van der Waals surface area contributed by atoms with E-state index in [9.17, 15) is 5.11 Å². The maximum atomic E-state index is 9.47. The zero-order chi connectivity index (χ0) is 17.5. The van der Waals surface area contributed by atoms with Crippen LogP contribution in [-0.4, -0.2) is 40.1 Å². The maximum absolute atomic E-state index is 9.47. The van der Waals surface area contributed by atoms with Crippen LogP contribution in [0.25, 0.3) is 22.8 Å². The van der Waals surface area contributed by atoms with Crippen LogP contribution in [-0.2, 0) is 4.74 Å². The van der Waals surface area contributed by atoms with Gasteiger partial charge in [-0.3, -0.25) is 9.97 Å². The van der Waals surface area contributed by atoms with Crippen LogP contribution in [0.15, 0.2) is 60.9 Å². The zero-order valence-electron chi connectivity index (χ0n) is 13.9. The van der Waals surface area contributed by atoms with E-state index < -0.39 is 6.29 Å². The van der Waals surface area contributed by atoms with E-state index in [-0.39, 0.29) is 0 Å². The SMILES string of the molecule is COC(O)CCOc1cc(-c2ccccn2)nc(-c2ccccn2)c1. The molecule has 3 heterocycles. The molecule has 3 rings (SSSR count). The minimum atomic E-state index is -0.840. The molecule has 0 fully saturated rings. The Kier molecular flexibility index (Phi) is 5.66. The van der Waals surface area contributed by atoms with E-state index in [0.717, 1.165) is 11.4 Å². The lowest BCUT2D eigenvalue weighted by Crippen LogP contribution is -2.13. The van der Waals surface area contributed by atoms with Gasteiger partial charge in [0.05, 0.1) is 29.4 Å². The minimum Gasteiger partial charge on any atom is -0.493 e. The van der Waals surface area contributed by atoms with Crippen LogP contribution in [0.2, 0.25) is 0 Å². The first-order valence-corrected chi connectivity index (χ1v) is 7.95. The van der Waals surface area contributed by atoms with Gasteiger partial charge >= 0.3 is 0 Å². The Labute approximate surface area is 146 Å². The molecule has 1 unspecified atom stereocenters. The van der Waals surface area contributed by atoms with Crippen LogP contribution in [0.4, 0.5) is 0 Å². The van der Waals surface area contributed by atoms with Gasteiger partial charge in [-0.15, -0.1) is 0 Å². The first-order chi connectivity index (χ1) is 12.3. The van der Waals surface area contributed by atoms with Gasteiger partial charge in [-0.05, 0) is 24.3 Å². The van der Waals surface area contributed by atoms with Crippen LogP contribution >= 0.6 is 0 Å². The summed E-state index contributed by atoms with van der Waals surface area (Å²) < 4.78 is 10.6. The Hall–Kier alpha value is -2.83. The van der Waals surface area contributed by atoms with Crippen LogP contribution in [0, 0.1) is 0 Å². The third-order valence-electron chi connectivity index (χ3n) is 3.56. The largest absolute Gasteiger partial charge is 0.493 e. The summed E-state index contributed by atoms with van der Waals surface area (Å²) in [7, 11) is 1.45. The number of aromatic nitrogens is 3. The summed E-state index contributed by atoms with van der Waals surface area (Å²) in [5, 5.41) is 9.47. The summed E-state index contributed by atoms with van der Waals surface area (Å²) >= 11 is 0. The third kappa shape index (κ3) is 4.59. The Bertz CT molecular complexity index is 740. The topological polar surface area (TPSA) is 77.4 Å². The highest BCUT2D eigenvalue weighted by Crippen LogP contribution is 2.26. The Morgan fingerprint density at radius 2 is 1.52 bits per heavy atom. The number of hydrogen-bond donors (Lipinski definition) is 1. The second-order valence-electron chi connectivity index (χ2n) is 5.33. The molecule has 0 saturated heterocycles. The van der Waals surface area contributed by atoms with Crippen molar-refractivity contribution in [3.63, 3.8) is 0 Å². The van der Waals surface area contributed by atoms with Gasteiger partial charge in [-0.2, -0.15) is 0 Å². The molecule has 6 heteroatoms.